The number of aliphatic carboxylic acids is 1. The molecule has 2 rings (SSSR count). The van der Waals surface area contributed by atoms with Crippen molar-refractivity contribution < 1.29 is 29.0 Å². The Bertz CT molecular complexity index is 472. The van der Waals surface area contributed by atoms with Gasteiger partial charge in [0.1, 0.15) is 23.9 Å². The van der Waals surface area contributed by atoms with Gasteiger partial charge in [0.15, 0.2) is 0 Å². The average Bonchev–Trinajstić information content (AvgIpc) is 2.72. The molecule has 0 aliphatic carbocycles. The first-order valence-corrected chi connectivity index (χ1v) is 7.35. The largest absolute Gasteiger partial charge is 0.480 e. The van der Waals surface area contributed by atoms with Crippen molar-refractivity contribution in [1.82, 2.24) is 10.2 Å². The highest BCUT2D eigenvalue weighted by atomic mass is 16.6. The first-order chi connectivity index (χ1) is 10.2. The third kappa shape index (κ3) is 3.68. The molecule has 124 valence electrons. The number of rotatable bonds is 2. The summed E-state index contributed by atoms with van der Waals surface area (Å²) >= 11 is 0. The number of carboxylic acid groups (broad SMARTS) is 1. The van der Waals surface area contributed by atoms with E-state index in [4.69, 9.17) is 9.47 Å². The molecule has 0 aromatic carbocycles. The zero-order valence-corrected chi connectivity index (χ0v) is 13.0. The van der Waals surface area contributed by atoms with Gasteiger partial charge in [0.05, 0.1) is 6.61 Å². The van der Waals surface area contributed by atoms with Crippen LogP contribution in [0.3, 0.4) is 0 Å². The molecule has 8 nitrogen and oxygen atoms in total. The molecule has 22 heavy (non-hydrogen) atoms. The van der Waals surface area contributed by atoms with E-state index in [2.05, 4.69) is 5.32 Å². The molecule has 2 amide bonds. The number of carboxylic acids is 1. The van der Waals surface area contributed by atoms with Crippen LogP contribution in [0.5, 0.6) is 0 Å². The Hall–Kier alpha value is -1.83. The van der Waals surface area contributed by atoms with Gasteiger partial charge >= 0.3 is 12.1 Å². The van der Waals surface area contributed by atoms with Crippen molar-refractivity contribution in [2.75, 3.05) is 6.61 Å². The smallest absolute Gasteiger partial charge is 0.408 e. The first-order valence-electron chi connectivity index (χ1n) is 7.35. The van der Waals surface area contributed by atoms with Gasteiger partial charge in [0.25, 0.3) is 0 Å². The van der Waals surface area contributed by atoms with Crippen molar-refractivity contribution in [3.63, 3.8) is 0 Å². The molecule has 0 aromatic heterocycles. The zero-order valence-electron chi connectivity index (χ0n) is 13.0. The maximum absolute atomic E-state index is 12.6. The number of alkyl carbamates (subject to hydrolysis) is 1. The zero-order chi connectivity index (χ0) is 16.5. The van der Waals surface area contributed by atoms with Crippen LogP contribution in [-0.4, -0.2) is 58.5 Å². The summed E-state index contributed by atoms with van der Waals surface area (Å²) < 4.78 is 10.7. The van der Waals surface area contributed by atoms with Gasteiger partial charge in [-0.3, -0.25) is 4.79 Å². The quantitative estimate of drug-likeness (QED) is 0.777. The van der Waals surface area contributed by atoms with Crippen LogP contribution in [0.4, 0.5) is 4.79 Å². The summed E-state index contributed by atoms with van der Waals surface area (Å²) in [6, 6.07) is -1.74. The van der Waals surface area contributed by atoms with Gasteiger partial charge < -0.3 is 24.8 Å². The number of carbonyl (C=O) groups excluding carboxylic acids is 2. The van der Waals surface area contributed by atoms with E-state index in [1.54, 1.807) is 20.8 Å². The highest BCUT2D eigenvalue weighted by molar-refractivity contribution is 5.90. The topological polar surface area (TPSA) is 105 Å². The summed E-state index contributed by atoms with van der Waals surface area (Å²) in [6.45, 7) is 5.45. The summed E-state index contributed by atoms with van der Waals surface area (Å²) in [6.07, 6.45) is -0.0983. The predicted molar refractivity (Wildman–Crippen MR) is 75.0 cm³/mol. The van der Waals surface area contributed by atoms with Gasteiger partial charge in [-0.1, -0.05) is 0 Å². The Morgan fingerprint density at radius 2 is 2.00 bits per heavy atom. The number of nitrogens with one attached hydrogen (secondary N) is 1. The fraction of sp³-hybridized carbons (Fsp3) is 0.786. The molecule has 2 aliphatic heterocycles. The molecule has 2 N–H and O–H groups in total. The van der Waals surface area contributed by atoms with Crippen molar-refractivity contribution in [2.24, 2.45) is 0 Å². The van der Waals surface area contributed by atoms with E-state index < -0.39 is 41.9 Å². The van der Waals surface area contributed by atoms with E-state index >= 15 is 0 Å². The van der Waals surface area contributed by atoms with E-state index in [9.17, 15) is 19.5 Å². The van der Waals surface area contributed by atoms with Crippen LogP contribution in [0.2, 0.25) is 0 Å². The van der Waals surface area contributed by atoms with E-state index in [0.717, 1.165) is 0 Å². The number of nitrogens with zero attached hydrogens (tertiary/aromatic N) is 1. The van der Waals surface area contributed by atoms with E-state index in [-0.39, 0.29) is 13.0 Å². The van der Waals surface area contributed by atoms with Gasteiger partial charge in [-0.15, -0.1) is 0 Å². The molecular formula is C14H22N2O6. The summed E-state index contributed by atoms with van der Waals surface area (Å²) in [4.78, 5) is 36.9. The minimum Gasteiger partial charge on any atom is -0.480 e. The molecule has 8 heteroatoms. The molecule has 3 atom stereocenters. The van der Waals surface area contributed by atoms with E-state index in [1.165, 1.54) is 4.90 Å². The SMILES string of the molecule is CC(C)(C)OC(=O)N[C@H]1CCO[C@H]2CC[C@H](C(=O)O)N2C1=O. The molecule has 0 radical (unpaired) electrons. The lowest BCUT2D eigenvalue weighted by Gasteiger charge is -2.28. The lowest BCUT2D eigenvalue weighted by atomic mass is 10.1. The van der Waals surface area contributed by atoms with Gasteiger partial charge in [-0.2, -0.15) is 0 Å². The van der Waals surface area contributed by atoms with E-state index in [1.807, 2.05) is 0 Å². The maximum atomic E-state index is 12.6. The Labute approximate surface area is 128 Å². The minimum absolute atomic E-state index is 0.277. The van der Waals surface area contributed by atoms with Crippen LogP contribution in [-0.2, 0) is 19.1 Å². The number of hydrogen-bond donors (Lipinski definition) is 2. The van der Waals surface area contributed by atoms with Crippen LogP contribution in [0, 0.1) is 0 Å². The Morgan fingerprint density at radius 3 is 2.59 bits per heavy atom. The van der Waals surface area contributed by atoms with Crippen LogP contribution in [0.15, 0.2) is 0 Å². The molecule has 0 unspecified atom stereocenters. The maximum Gasteiger partial charge on any atom is 0.408 e. The van der Waals surface area contributed by atoms with Gasteiger partial charge in [0.2, 0.25) is 5.91 Å². The van der Waals surface area contributed by atoms with Crippen molar-refractivity contribution in [1.29, 1.82) is 0 Å². The van der Waals surface area contributed by atoms with Gasteiger partial charge in [0, 0.05) is 6.42 Å². The van der Waals surface area contributed by atoms with Crippen molar-refractivity contribution in [3.8, 4) is 0 Å². The summed E-state index contributed by atoms with van der Waals surface area (Å²) in [5.74, 6) is -1.49. The average molecular weight is 314 g/mol. The highest BCUT2D eigenvalue weighted by Crippen LogP contribution is 2.28. The lowest BCUT2D eigenvalue weighted by molar-refractivity contribution is -0.155. The second kappa shape index (κ2) is 6.12. The summed E-state index contributed by atoms with van der Waals surface area (Å²) in [5, 5.41) is 11.7. The third-order valence-electron chi connectivity index (χ3n) is 3.58. The van der Waals surface area contributed by atoms with Gasteiger partial charge in [-0.25, -0.2) is 9.59 Å². The minimum atomic E-state index is -1.06. The number of carbonyl (C=O) groups is 3. The highest BCUT2D eigenvalue weighted by Gasteiger charge is 2.45. The van der Waals surface area contributed by atoms with Crippen molar-refractivity contribution in [3.05, 3.63) is 0 Å². The second-order valence-corrected chi connectivity index (χ2v) is 6.49. The molecule has 0 bridgehead atoms. The Kier molecular flexibility index (Phi) is 4.60. The van der Waals surface area contributed by atoms with E-state index in [0.29, 0.717) is 12.8 Å². The molecular weight excluding hydrogens is 292 g/mol. The lowest BCUT2D eigenvalue weighted by Crippen LogP contribution is -2.53. The Morgan fingerprint density at radius 1 is 1.32 bits per heavy atom. The summed E-state index contributed by atoms with van der Waals surface area (Å²) in [7, 11) is 0. The molecule has 0 aromatic rings. The third-order valence-corrected chi connectivity index (χ3v) is 3.58. The summed E-state index contributed by atoms with van der Waals surface area (Å²) in [5.41, 5.74) is -0.672. The molecule has 2 saturated heterocycles. The number of amides is 2. The molecule has 0 saturated carbocycles. The number of hydrogen-bond acceptors (Lipinski definition) is 5. The van der Waals surface area contributed by atoms with Crippen molar-refractivity contribution >= 4 is 18.0 Å². The molecule has 0 spiro atoms. The fourth-order valence-electron chi connectivity index (χ4n) is 2.69. The molecule has 2 heterocycles. The fourth-order valence-corrected chi connectivity index (χ4v) is 2.69. The Balaban J connectivity index is 2.08. The molecule has 2 fully saturated rings. The number of fused-ring (bicyclic) bond motifs is 1. The number of ether oxygens (including phenoxy) is 2. The van der Waals surface area contributed by atoms with Crippen LogP contribution in [0.25, 0.3) is 0 Å². The standard InChI is InChI=1S/C14H22N2O6/c1-14(2,3)22-13(20)15-8-6-7-21-10-5-4-9(12(18)19)16(10)11(8)17/h8-10H,4-7H2,1-3H3,(H,15,20)(H,18,19)/t8-,9+,10-/m0/s1. The first kappa shape index (κ1) is 16.5. The molecule has 2 aliphatic rings. The van der Waals surface area contributed by atoms with Crippen LogP contribution >= 0.6 is 0 Å². The predicted octanol–water partition coefficient (Wildman–Crippen LogP) is 0.702. The second-order valence-electron chi connectivity index (χ2n) is 6.49. The van der Waals surface area contributed by atoms with Crippen molar-refractivity contribution in [2.45, 2.75) is 63.9 Å². The van der Waals surface area contributed by atoms with Crippen LogP contribution < -0.4 is 5.32 Å². The van der Waals surface area contributed by atoms with Crippen LogP contribution in [0.1, 0.15) is 40.0 Å². The van der Waals surface area contributed by atoms with Gasteiger partial charge in [-0.05, 0) is 33.6 Å². The monoisotopic (exact) mass is 314 g/mol. The normalized spacial score (nSPS) is 28.8.